The Kier molecular flexibility index (Phi) is 5.88. The van der Waals surface area contributed by atoms with Gasteiger partial charge in [-0.1, -0.05) is 12.1 Å². The smallest absolute Gasteiger partial charge is 0.296 e. The summed E-state index contributed by atoms with van der Waals surface area (Å²) in [6.45, 7) is 2.39. The van der Waals surface area contributed by atoms with E-state index in [4.69, 9.17) is 9.72 Å². The van der Waals surface area contributed by atoms with Crippen molar-refractivity contribution in [1.29, 1.82) is 0 Å². The first-order valence-electron chi connectivity index (χ1n) is 11.0. The van der Waals surface area contributed by atoms with Crippen LogP contribution in [0.4, 0.5) is 20.5 Å². The molecule has 0 radical (unpaired) electrons. The van der Waals surface area contributed by atoms with Gasteiger partial charge in [-0.05, 0) is 37.8 Å². The van der Waals surface area contributed by atoms with E-state index < -0.39 is 6.43 Å². The fourth-order valence-corrected chi connectivity index (χ4v) is 4.38. The third kappa shape index (κ3) is 4.24. The number of aromatic nitrogens is 4. The van der Waals surface area contributed by atoms with Crippen LogP contribution in [0.5, 0.6) is 0 Å². The number of ether oxygens (including phenoxy) is 1. The van der Waals surface area contributed by atoms with Crippen molar-refractivity contribution in [2.75, 3.05) is 36.5 Å². The molecule has 1 saturated heterocycles. The highest BCUT2D eigenvalue weighted by Crippen LogP contribution is 2.30. The number of benzene rings is 1. The van der Waals surface area contributed by atoms with Gasteiger partial charge in [-0.15, -0.1) is 0 Å². The minimum Gasteiger partial charge on any atom is -0.393 e. The van der Waals surface area contributed by atoms with Gasteiger partial charge >= 0.3 is 0 Å². The molecule has 1 aliphatic heterocycles. The largest absolute Gasteiger partial charge is 0.393 e. The summed E-state index contributed by atoms with van der Waals surface area (Å²) >= 11 is 0. The summed E-state index contributed by atoms with van der Waals surface area (Å²) in [5, 5.41) is 13.2. The van der Waals surface area contributed by atoms with E-state index in [-0.39, 0.29) is 18.0 Å². The average Bonchev–Trinajstić information content (AvgIpc) is 3.21. The molecule has 170 valence electrons. The Balaban J connectivity index is 1.58. The van der Waals surface area contributed by atoms with Crippen LogP contribution < -0.4 is 10.2 Å². The summed E-state index contributed by atoms with van der Waals surface area (Å²) in [5.74, 6) is 1.06. The lowest BCUT2D eigenvalue weighted by molar-refractivity contribution is 0.122. The number of nitrogens with one attached hydrogen (secondary N) is 1. The van der Waals surface area contributed by atoms with Gasteiger partial charge in [0.2, 0.25) is 5.95 Å². The van der Waals surface area contributed by atoms with E-state index >= 15 is 0 Å². The van der Waals surface area contributed by atoms with Crippen molar-refractivity contribution in [3.05, 3.63) is 36.2 Å². The number of hydrogen-bond donors (Lipinski definition) is 2. The highest BCUT2D eigenvalue weighted by molar-refractivity contribution is 5.78. The molecule has 5 rings (SSSR count). The van der Waals surface area contributed by atoms with Crippen molar-refractivity contribution < 1.29 is 18.6 Å². The van der Waals surface area contributed by atoms with E-state index in [0.717, 1.165) is 25.7 Å². The second-order valence-electron chi connectivity index (χ2n) is 8.26. The average molecular weight is 444 g/mol. The second-order valence-corrected chi connectivity index (χ2v) is 8.26. The van der Waals surface area contributed by atoms with Crippen LogP contribution in [0.25, 0.3) is 16.9 Å². The van der Waals surface area contributed by atoms with Gasteiger partial charge in [-0.25, -0.2) is 13.8 Å². The zero-order valence-corrected chi connectivity index (χ0v) is 17.6. The fourth-order valence-electron chi connectivity index (χ4n) is 4.38. The molecule has 32 heavy (non-hydrogen) atoms. The molecule has 1 aliphatic carbocycles. The zero-order valence-electron chi connectivity index (χ0n) is 17.6. The molecule has 2 fully saturated rings. The first-order valence-corrected chi connectivity index (χ1v) is 11.0. The quantitative estimate of drug-likeness (QED) is 0.624. The van der Waals surface area contributed by atoms with Crippen LogP contribution in [0.3, 0.4) is 0 Å². The number of imidazole rings is 1. The summed E-state index contributed by atoms with van der Waals surface area (Å²) < 4.78 is 34.7. The summed E-state index contributed by atoms with van der Waals surface area (Å²) in [4.78, 5) is 15.5. The molecule has 0 unspecified atom stereocenters. The Morgan fingerprint density at radius 3 is 2.53 bits per heavy atom. The molecule has 1 aromatic carbocycles. The standard InChI is InChI=1S/C22H26F2N6O2/c23-20(24)21-26-16-3-1-2-4-17(16)30(21)19-13-18(25-14-5-7-15(31)8-6-14)27-22(28-19)29-9-11-32-12-10-29/h1-4,13-15,20,31H,5-12H2,(H,25,27,28)/t14-,15-. The third-order valence-corrected chi connectivity index (χ3v) is 6.05. The van der Waals surface area contributed by atoms with Gasteiger partial charge in [-0.3, -0.25) is 4.57 Å². The Bertz CT molecular complexity index is 1080. The fraction of sp³-hybridized carbons (Fsp3) is 0.500. The molecule has 0 atom stereocenters. The van der Waals surface area contributed by atoms with Crippen LogP contribution in [-0.4, -0.2) is 63.1 Å². The number of aliphatic hydroxyl groups is 1. The number of fused-ring (bicyclic) bond motifs is 1. The highest BCUT2D eigenvalue weighted by atomic mass is 19.3. The topological polar surface area (TPSA) is 88.3 Å². The maximum absolute atomic E-state index is 13.9. The number of morpholine rings is 1. The van der Waals surface area contributed by atoms with Gasteiger partial charge < -0.3 is 20.1 Å². The predicted molar refractivity (Wildman–Crippen MR) is 117 cm³/mol. The van der Waals surface area contributed by atoms with Crippen LogP contribution in [0.1, 0.15) is 37.9 Å². The molecule has 3 aromatic rings. The number of rotatable bonds is 5. The van der Waals surface area contributed by atoms with Crippen LogP contribution >= 0.6 is 0 Å². The first kappa shape index (κ1) is 21.0. The van der Waals surface area contributed by atoms with E-state index in [1.807, 2.05) is 4.90 Å². The minimum absolute atomic E-state index is 0.160. The van der Waals surface area contributed by atoms with E-state index in [0.29, 0.717) is 54.9 Å². The van der Waals surface area contributed by atoms with Crippen LogP contribution in [0, 0.1) is 0 Å². The summed E-state index contributed by atoms with van der Waals surface area (Å²) in [6.07, 6.45) is 0.0958. The molecule has 2 aromatic heterocycles. The Labute approximate surface area is 184 Å². The normalized spacial score (nSPS) is 21.9. The molecular formula is C22H26F2N6O2. The van der Waals surface area contributed by atoms with Crippen molar-refractivity contribution in [2.24, 2.45) is 0 Å². The molecular weight excluding hydrogens is 418 g/mol. The van der Waals surface area contributed by atoms with Gasteiger partial charge in [0.05, 0.1) is 30.4 Å². The van der Waals surface area contributed by atoms with Gasteiger partial charge in [0.15, 0.2) is 5.82 Å². The number of para-hydroxylation sites is 2. The molecule has 0 spiro atoms. The number of alkyl halides is 2. The molecule has 0 bridgehead atoms. The second kappa shape index (κ2) is 8.95. The number of aliphatic hydroxyl groups excluding tert-OH is 1. The van der Waals surface area contributed by atoms with Gasteiger partial charge in [0, 0.05) is 25.2 Å². The van der Waals surface area contributed by atoms with Crippen LogP contribution in [-0.2, 0) is 4.74 Å². The summed E-state index contributed by atoms with van der Waals surface area (Å²) in [6, 6.07) is 8.92. The minimum atomic E-state index is -2.75. The molecule has 2 N–H and O–H groups in total. The first-order chi connectivity index (χ1) is 15.6. The Morgan fingerprint density at radius 2 is 1.78 bits per heavy atom. The Morgan fingerprint density at radius 1 is 1.03 bits per heavy atom. The Hall–Kier alpha value is -2.85. The van der Waals surface area contributed by atoms with Crippen molar-refractivity contribution in [1.82, 2.24) is 19.5 Å². The van der Waals surface area contributed by atoms with Gasteiger partial charge in [0.1, 0.15) is 11.6 Å². The molecule has 8 nitrogen and oxygen atoms in total. The number of nitrogens with zero attached hydrogens (tertiary/aromatic N) is 5. The van der Waals surface area contributed by atoms with Crippen LogP contribution in [0.15, 0.2) is 30.3 Å². The van der Waals surface area contributed by atoms with Crippen molar-refractivity contribution in [2.45, 2.75) is 44.3 Å². The predicted octanol–water partition coefficient (Wildman–Crippen LogP) is 3.31. The van der Waals surface area contributed by atoms with Crippen LogP contribution in [0.2, 0.25) is 0 Å². The lowest BCUT2D eigenvalue weighted by Gasteiger charge is -2.29. The zero-order chi connectivity index (χ0) is 22.1. The molecule has 10 heteroatoms. The molecule has 2 aliphatic rings. The van der Waals surface area contributed by atoms with Gasteiger partial charge in [-0.2, -0.15) is 9.97 Å². The van der Waals surface area contributed by atoms with Crippen molar-refractivity contribution in [3.8, 4) is 5.82 Å². The van der Waals surface area contributed by atoms with Gasteiger partial charge in [0.25, 0.3) is 6.43 Å². The van der Waals surface area contributed by atoms with E-state index in [1.165, 1.54) is 4.57 Å². The monoisotopic (exact) mass is 444 g/mol. The third-order valence-electron chi connectivity index (χ3n) is 6.05. The lowest BCUT2D eigenvalue weighted by atomic mass is 9.93. The number of halogens is 2. The number of anilines is 2. The molecule has 3 heterocycles. The van der Waals surface area contributed by atoms with E-state index in [2.05, 4.69) is 15.3 Å². The number of hydrogen-bond acceptors (Lipinski definition) is 7. The van der Waals surface area contributed by atoms with E-state index in [1.54, 1.807) is 30.3 Å². The highest BCUT2D eigenvalue weighted by Gasteiger charge is 2.25. The SMILES string of the molecule is O[C@H]1CC[C@H](Nc2cc(-n3c(C(F)F)nc4ccccc43)nc(N3CCOCC3)n2)CC1. The molecule has 0 amide bonds. The van der Waals surface area contributed by atoms with Crippen molar-refractivity contribution in [3.63, 3.8) is 0 Å². The lowest BCUT2D eigenvalue weighted by Crippen LogP contribution is -2.37. The van der Waals surface area contributed by atoms with Crippen molar-refractivity contribution >= 4 is 22.8 Å². The molecule has 1 saturated carbocycles. The van der Waals surface area contributed by atoms with E-state index in [9.17, 15) is 13.9 Å². The summed E-state index contributed by atoms with van der Waals surface area (Å²) in [7, 11) is 0. The summed E-state index contributed by atoms with van der Waals surface area (Å²) in [5.41, 5.74) is 1.06. The maximum Gasteiger partial charge on any atom is 0.296 e. The maximum atomic E-state index is 13.9.